The maximum Gasteiger partial charge on any atom is 0.410 e. The highest BCUT2D eigenvalue weighted by atomic mass is 35.5. The number of piperidine rings is 1. The van der Waals surface area contributed by atoms with Gasteiger partial charge in [0.15, 0.2) is 0 Å². The lowest BCUT2D eigenvalue weighted by atomic mass is 10.0. The summed E-state index contributed by atoms with van der Waals surface area (Å²) < 4.78 is 5.37. The molecule has 2 aliphatic rings. The van der Waals surface area contributed by atoms with E-state index in [1.807, 2.05) is 35.2 Å². The molecule has 0 aliphatic carbocycles. The van der Waals surface area contributed by atoms with Gasteiger partial charge in [0.1, 0.15) is 6.61 Å². The predicted octanol–water partition coefficient (Wildman–Crippen LogP) is 1.64. The van der Waals surface area contributed by atoms with Gasteiger partial charge in [-0.1, -0.05) is 30.3 Å². The molecule has 7 heteroatoms. The van der Waals surface area contributed by atoms with Gasteiger partial charge in [-0.25, -0.2) is 4.79 Å². The second-order valence-electron chi connectivity index (χ2n) is 6.02. The van der Waals surface area contributed by atoms with E-state index in [4.69, 9.17) is 4.74 Å². The number of rotatable bonds is 3. The molecular weight excluding hydrogens is 330 g/mol. The number of amides is 2. The number of ether oxygens (including phenoxy) is 1. The van der Waals surface area contributed by atoms with E-state index in [2.05, 4.69) is 5.32 Å². The van der Waals surface area contributed by atoms with Gasteiger partial charge in [-0.15, -0.1) is 12.4 Å². The summed E-state index contributed by atoms with van der Waals surface area (Å²) in [6, 6.07) is 9.93. The number of carbonyl (C=O) groups is 2. The summed E-state index contributed by atoms with van der Waals surface area (Å²) in [4.78, 5) is 27.8. The first-order valence-electron chi connectivity index (χ1n) is 8.20. The minimum absolute atomic E-state index is 0. The van der Waals surface area contributed by atoms with Gasteiger partial charge in [0.05, 0.1) is 6.54 Å². The van der Waals surface area contributed by atoms with Crippen LogP contribution in [-0.4, -0.2) is 60.6 Å². The molecule has 1 aromatic rings. The van der Waals surface area contributed by atoms with Crippen molar-refractivity contribution in [2.45, 2.75) is 25.5 Å². The van der Waals surface area contributed by atoms with Crippen molar-refractivity contribution >= 4 is 24.4 Å². The van der Waals surface area contributed by atoms with E-state index in [0.717, 1.165) is 31.5 Å². The van der Waals surface area contributed by atoms with E-state index in [-0.39, 0.29) is 30.4 Å². The Labute approximate surface area is 148 Å². The molecule has 2 fully saturated rings. The zero-order chi connectivity index (χ0) is 16.1. The van der Waals surface area contributed by atoms with Crippen LogP contribution in [0.25, 0.3) is 0 Å². The SMILES string of the molecule is Cl.O=C(OCc1ccccc1)N1CCC(N2CCNCC2=O)CC1. The van der Waals surface area contributed by atoms with Gasteiger partial charge in [0, 0.05) is 32.2 Å². The minimum Gasteiger partial charge on any atom is -0.445 e. The van der Waals surface area contributed by atoms with Crippen LogP contribution in [0.2, 0.25) is 0 Å². The Morgan fingerprint density at radius 1 is 1.17 bits per heavy atom. The highest BCUT2D eigenvalue weighted by Crippen LogP contribution is 2.18. The number of piperazine rings is 1. The lowest BCUT2D eigenvalue weighted by molar-refractivity contribution is -0.135. The van der Waals surface area contributed by atoms with Crippen molar-refractivity contribution < 1.29 is 14.3 Å². The number of carbonyl (C=O) groups excluding carboxylic acids is 2. The maximum atomic E-state index is 12.1. The largest absolute Gasteiger partial charge is 0.445 e. The Morgan fingerprint density at radius 2 is 1.88 bits per heavy atom. The van der Waals surface area contributed by atoms with Gasteiger partial charge in [-0.3, -0.25) is 4.79 Å². The first kappa shape index (κ1) is 18.5. The van der Waals surface area contributed by atoms with Crippen molar-refractivity contribution in [2.75, 3.05) is 32.7 Å². The van der Waals surface area contributed by atoms with Crippen molar-refractivity contribution in [3.05, 3.63) is 35.9 Å². The molecule has 0 bridgehead atoms. The third-order valence-corrected chi connectivity index (χ3v) is 4.49. The molecule has 0 saturated carbocycles. The van der Waals surface area contributed by atoms with Crippen LogP contribution < -0.4 is 5.32 Å². The lowest BCUT2D eigenvalue weighted by Crippen LogP contribution is -2.55. The van der Waals surface area contributed by atoms with Crippen LogP contribution in [0, 0.1) is 0 Å². The number of nitrogens with zero attached hydrogens (tertiary/aromatic N) is 2. The van der Waals surface area contributed by atoms with Crippen molar-refractivity contribution in [3.8, 4) is 0 Å². The van der Waals surface area contributed by atoms with Gasteiger partial charge < -0.3 is 19.9 Å². The van der Waals surface area contributed by atoms with Crippen LogP contribution >= 0.6 is 12.4 Å². The van der Waals surface area contributed by atoms with Crippen molar-refractivity contribution in [1.29, 1.82) is 0 Å². The van der Waals surface area contributed by atoms with Gasteiger partial charge in [-0.2, -0.15) is 0 Å². The molecule has 1 aromatic carbocycles. The highest BCUT2D eigenvalue weighted by Gasteiger charge is 2.31. The fourth-order valence-electron chi connectivity index (χ4n) is 3.18. The number of hydrogen-bond acceptors (Lipinski definition) is 4. The zero-order valence-electron chi connectivity index (χ0n) is 13.6. The normalized spacial score (nSPS) is 18.9. The summed E-state index contributed by atoms with van der Waals surface area (Å²) in [7, 11) is 0. The zero-order valence-corrected chi connectivity index (χ0v) is 14.5. The van der Waals surface area contributed by atoms with Crippen LogP contribution in [0.4, 0.5) is 4.79 Å². The average Bonchev–Trinajstić information content (AvgIpc) is 2.61. The molecule has 2 heterocycles. The molecule has 2 saturated heterocycles. The van der Waals surface area contributed by atoms with E-state index in [0.29, 0.717) is 26.2 Å². The quantitative estimate of drug-likeness (QED) is 0.897. The maximum absolute atomic E-state index is 12.1. The van der Waals surface area contributed by atoms with Crippen LogP contribution in [0.15, 0.2) is 30.3 Å². The van der Waals surface area contributed by atoms with Crippen molar-refractivity contribution in [3.63, 3.8) is 0 Å². The molecule has 0 aromatic heterocycles. The third-order valence-electron chi connectivity index (χ3n) is 4.49. The first-order chi connectivity index (χ1) is 11.2. The second-order valence-corrected chi connectivity index (χ2v) is 6.02. The fourth-order valence-corrected chi connectivity index (χ4v) is 3.18. The average molecular weight is 354 g/mol. The Bertz CT molecular complexity index is 547. The molecule has 6 nitrogen and oxygen atoms in total. The van der Waals surface area contributed by atoms with Gasteiger partial charge >= 0.3 is 6.09 Å². The second kappa shape index (κ2) is 8.89. The van der Waals surface area contributed by atoms with E-state index >= 15 is 0 Å². The molecule has 1 N–H and O–H groups in total. The number of halogens is 1. The fraction of sp³-hybridized carbons (Fsp3) is 0.529. The molecule has 24 heavy (non-hydrogen) atoms. The molecule has 132 valence electrons. The number of benzene rings is 1. The molecule has 0 radical (unpaired) electrons. The molecular formula is C17H24ClN3O3. The lowest BCUT2D eigenvalue weighted by Gasteiger charge is -2.39. The highest BCUT2D eigenvalue weighted by molar-refractivity contribution is 5.85. The van der Waals surface area contributed by atoms with E-state index in [9.17, 15) is 9.59 Å². The monoisotopic (exact) mass is 353 g/mol. The van der Waals surface area contributed by atoms with Gasteiger partial charge in [-0.05, 0) is 18.4 Å². The molecule has 2 amide bonds. The number of likely N-dealkylation sites (tertiary alicyclic amines) is 1. The number of nitrogens with one attached hydrogen (secondary N) is 1. The molecule has 0 atom stereocenters. The van der Waals surface area contributed by atoms with Crippen LogP contribution in [-0.2, 0) is 16.1 Å². The summed E-state index contributed by atoms with van der Waals surface area (Å²) in [6.07, 6.45) is 1.39. The number of hydrogen-bond donors (Lipinski definition) is 1. The van der Waals surface area contributed by atoms with E-state index in [1.165, 1.54) is 0 Å². The Hall–Kier alpha value is -1.79. The topological polar surface area (TPSA) is 61.9 Å². The van der Waals surface area contributed by atoms with Crippen LogP contribution in [0.3, 0.4) is 0 Å². The van der Waals surface area contributed by atoms with Crippen molar-refractivity contribution in [1.82, 2.24) is 15.1 Å². The van der Waals surface area contributed by atoms with Gasteiger partial charge in [0.25, 0.3) is 0 Å². The Kier molecular flexibility index (Phi) is 6.87. The summed E-state index contributed by atoms with van der Waals surface area (Å²) >= 11 is 0. The molecule has 2 aliphatic heterocycles. The van der Waals surface area contributed by atoms with Crippen LogP contribution in [0.5, 0.6) is 0 Å². The standard InChI is InChI=1S/C17H23N3O3.ClH/c21-16-12-18-8-11-20(16)15-6-9-19(10-7-15)17(22)23-13-14-4-2-1-3-5-14;/h1-5,15,18H,6-13H2;1H. The third kappa shape index (κ3) is 4.61. The summed E-state index contributed by atoms with van der Waals surface area (Å²) in [6.45, 7) is 3.65. The molecule has 0 unspecified atom stereocenters. The summed E-state index contributed by atoms with van der Waals surface area (Å²) in [5, 5.41) is 3.09. The first-order valence-corrected chi connectivity index (χ1v) is 8.20. The van der Waals surface area contributed by atoms with E-state index in [1.54, 1.807) is 4.90 Å². The van der Waals surface area contributed by atoms with E-state index < -0.39 is 0 Å². The smallest absolute Gasteiger partial charge is 0.410 e. The van der Waals surface area contributed by atoms with Gasteiger partial charge in [0.2, 0.25) is 5.91 Å². The summed E-state index contributed by atoms with van der Waals surface area (Å²) in [5.74, 6) is 0.168. The Morgan fingerprint density at radius 3 is 2.54 bits per heavy atom. The molecule has 3 rings (SSSR count). The summed E-state index contributed by atoms with van der Waals surface area (Å²) in [5.41, 5.74) is 0.988. The minimum atomic E-state index is -0.265. The molecule has 0 spiro atoms. The Balaban J connectivity index is 0.00000208. The van der Waals surface area contributed by atoms with Crippen molar-refractivity contribution in [2.24, 2.45) is 0 Å². The predicted molar refractivity (Wildman–Crippen MR) is 93.1 cm³/mol. The van der Waals surface area contributed by atoms with Crippen LogP contribution in [0.1, 0.15) is 18.4 Å².